The molecule has 0 heterocycles. The first kappa shape index (κ1) is 9.05. The molecule has 0 atom stereocenters. The number of rotatable bonds is 3. The molecule has 1 fully saturated rings. The van der Waals surface area contributed by atoms with Crippen molar-refractivity contribution in [3.8, 4) is 0 Å². The Morgan fingerprint density at radius 3 is 1.55 bits per heavy atom. The van der Waals surface area contributed by atoms with Crippen molar-refractivity contribution >= 4 is 0 Å². The highest BCUT2D eigenvalue weighted by molar-refractivity contribution is 4.98. The van der Waals surface area contributed by atoms with Gasteiger partial charge in [0.2, 0.25) is 0 Å². The third kappa shape index (κ3) is 1.44. The Bertz CT molecular complexity index is 120. The smallest absolute Gasteiger partial charge is 0.0721 e. The molecule has 0 spiro atoms. The summed E-state index contributed by atoms with van der Waals surface area (Å²) in [6, 6.07) is 0. The summed E-state index contributed by atoms with van der Waals surface area (Å²) in [5.74, 6) is 1.38. The maximum absolute atomic E-state index is 10.3. The van der Waals surface area contributed by atoms with E-state index in [4.69, 9.17) is 0 Å². The third-order valence-corrected chi connectivity index (χ3v) is 3.08. The van der Waals surface area contributed by atoms with Gasteiger partial charge in [-0.2, -0.15) is 0 Å². The Hall–Kier alpha value is -0.0400. The summed E-state index contributed by atoms with van der Waals surface area (Å²) in [5.41, 5.74) is -0.389. The zero-order valence-electron chi connectivity index (χ0n) is 8.09. The lowest BCUT2D eigenvalue weighted by Crippen LogP contribution is -2.42. The zero-order chi connectivity index (χ0) is 8.65. The van der Waals surface area contributed by atoms with E-state index >= 15 is 0 Å². The summed E-state index contributed by atoms with van der Waals surface area (Å²) in [4.78, 5) is 0. The lowest BCUT2D eigenvalue weighted by atomic mass is 9.77. The van der Waals surface area contributed by atoms with Crippen molar-refractivity contribution in [2.75, 3.05) is 0 Å². The average Bonchev–Trinajstić information content (AvgIpc) is 2.66. The molecule has 1 aliphatic rings. The summed E-state index contributed by atoms with van der Waals surface area (Å²) in [5, 5.41) is 10.3. The van der Waals surface area contributed by atoms with Crippen LogP contribution in [0, 0.1) is 17.8 Å². The molecule has 0 unspecified atom stereocenters. The minimum atomic E-state index is -0.389. The van der Waals surface area contributed by atoms with Crippen molar-refractivity contribution in [2.24, 2.45) is 17.8 Å². The summed E-state index contributed by atoms with van der Waals surface area (Å²) < 4.78 is 0. The van der Waals surface area contributed by atoms with Crippen LogP contribution in [0.4, 0.5) is 0 Å². The Morgan fingerprint density at radius 1 is 1.09 bits per heavy atom. The van der Waals surface area contributed by atoms with Crippen LogP contribution in [0.3, 0.4) is 0 Å². The van der Waals surface area contributed by atoms with Crippen molar-refractivity contribution in [2.45, 2.75) is 46.1 Å². The lowest BCUT2D eigenvalue weighted by molar-refractivity contribution is -0.0664. The summed E-state index contributed by atoms with van der Waals surface area (Å²) >= 11 is 0. The fraction of sp³-hybridized carbons (Fsp3) is 1.00. The summed E-state index contributed by atoms with van der Waals surface area (Å²) in [6.07, 6.45) is 2.46. The molecule has 0 aromatic carbocycles. The van der Waals surface area contributed by atoms with Crippen LogP contribution in [0.25, 0.3) is 0 Å². The molecule has 1 saturated carbocycles. The van der Waals surface area contributed by atoms with E-state index in [2.05, 4.69) is 27.7 Å². The van der Waals surface area contributed by atoms with Crippen molar-refractivity contribution in [3.63, 3.8) is 0 Å². The van der Waals surface area contributed by atoms with E-state index in [1.54, 1.807) is 0 Å². The van der Waals surface area contributed by atoms with E-state index < -0.39 is 0 Å². The minimum absolute atomic E-state index is 0.389. The van der Waals surface area contributed by atoms with Gasteiger partial charge in [-0.15, -0.1) is 0 Å². The summed E-state index contributed by atoms with van der Waals surface area (Å²) in [7, 11) is 0. The predicted octanol–water partition coefficient (Wildman–Crippen LogP) is 2.44. The molecule has 0 bridgehead atoms. The molecule has 0 radical (unpaired) electrons. The molecule has 0 aromatic rings. The van der Waals surface area contributed by atoms with Crippen molar-refractivity contribution in [1.29, 1.82) is 0 Å². The van der Waals surface area contributed by atoms with Gasteiger partial charge in [0.15, 0.2) is 0 Å². The minimum Gasteiger partial charge on any atom is -0.389 e. The fourth-order valence-corrected chi connectivity index (χ4v) is 2.16. The predicted molar refractivity (Wildman–Crippen MR) is 47.3 cm³/mol. The van der Waals surface area contributed by atoms with Crippen molar-refractivity contribution in [3.05, 3.63) is 0 Å². The molecule has 0 aromatic heterocycles. The second kappa shape index (κ2) is 2.78. The molecule has 1 nitrogen and oxygen atoms in total. The Labute approximate surface area is 69.8 Å². The van der Waals surface area contributed by atoms with Crippen LogP contribution in [0.1, 0.15) is 40.5 Å². The normalized spacial score (nSPS) is 19.9. The molecular formula is C10H20O. The Balaban J connectivity index is 2.69. The van der Waals surface area contributed by atoms with Crippen LogP contribution >= 0.6 is 0 Å². The molecule has 1 aliphatic carbocycles. The highest BCUT2D eigenvalue weighted by atomic mass is 16.3. The zero-order valence-corrected chi connectivity index (χ0v) is 8.09. The monoisotopic (exact) mass is 156 g/mol. The highest BCUT2D eigenvalue weighted by Gasteiger charge is 2.47. The second-order valence-electron chi connectivity index (χ2n) is 4.47. The Kier molecular flexibility index (Phi) is 2.29. The molecule has 1 heteroatoms. The van der Waals surface area contributed by atoms with Crippen LogP contribution in [-0.4, -0.2) is 10.7 Å². The molecule has 11 heavy (non-hydrogen) atoms. The largest absolute Gasteiger partial charge is 0.389 e. The van der Waals surface area contributed by atoms with E-state index in [0.717, 1.165) is 0 Å². The highest BCUT2D eigenvalue weighted by Crippen LogP contribution is 2.47. The van der Waals surface area contributed by atoms with Crippen molar-refractivity contribution < 1.29 is 5.11 Å². The summed E-state index contributed by atoms with van der Waals surface area (Å²) in [6.45, 7) is 8.49. The molecule has 0 amide bonds. The van der Waals surface area contributed by atoms with E-state index in [1.807, 2.05) is 0 Å². The first-order valence-electron chi connectivity index (χ1n) is 4.72. The maximum atomic E-state index is 10.3. The second-order valence-corrected chi connectivity index (χ2v) is 4.47. The SMILES string of the molecule is CC(C)C(O)(C(C)C)C1CC1. The maximum Gasteiger partial charge on any atom is 0.0721 e. The fourth-order valence-electron chi connectivity index (χ4n) is 2.16. The van der Waals surface area contributed by atoms with Gasteiger partial charge in [-0.3, -0.25) is 0 Å². The van der Waals surface area contributed by atoms with Gasteiger partial charge >= 0.3 is 0 Å². The molecular weight excluding hydrogens is 136 g/mol. The van der Waals surface area contributed by atoms with Gasteiger partial charge in [-0.1, -0.05) is 27.7 Å². The Morgan fingerprint density at radius 2 is 1.45 bits per heavy atom. The van der Waals surface area contributed by atoms with Gasteiger partial charge < -0.3 is 5.11 Å². The van der Waals surface area contributed by atoms with E-state index in [-0.39, 0.29) is 5.60 Å². The molecule has 1 rings (SSSR count). The third-order valence-electron chi connectivity index (χ3n) is 3.08. The van der Waals surface area contributed by atoms with Crippen LogP contribution in [-0.2, 0) is 0 Å². The first-order chi connectivity index (χ1) is 4.99. The van der Waals surface area contributed by atoms with Gasteiger partial charge in [-0.05, 0) is 30.6 Å². The molecule has 66 valence electrons. The molecule has 1 N–H and O–H groups in total. The number of hydrogen-bond donors (Lipinski definition) is 1. The van der Waals surface area contributed by atoms with Crippen LogP contribution < -0.4 is 0 Å². The van der Waals surface area contributed by atoms with Crippen LogP contribution in [0.5, 0.6) is 0 Å². The number of hydrogen-bond acceptors (Lipinski definition) is 1. The van der Waals surface area contributed by atoms with Gasteiger partial charge in [0.25, 0.3) is 0 Å². The van der Waals surface area contributed by atoms with Gasteiger partial charge in [0, 0.05) is 0 Å². The first-order valence-corrected chi connectivity index (χ1v) is 4.72. The molecule has 0 aliphatic heterocycles. The van der Waals surface area contributed by atoms with Gasteiger partial charge in [-0.25, -0.2) is 0 Å². The quantitative estimate of drug-likeness (QED) is 0.665. The number of aliphatic hydroxyl groups is 1. The standard InChI is InChI=1S/C10H20O/c1-7(2)10(11,8(3)4)9-5-6-9/h7-9,11H,5-6H2,1-4H3. The van der Waals surface area contributed by atoms with E-state index in [0.29, 0.717) is 17.8 Å². The van der Waals surface area contributed by atoms with E-state index in [9.17, 15) is 5.11 Å². The van der Waals surface area contributed by atoms with E-state index in [1.165, 1.54) is 12.8 Å². The van der Waals surface area contributed by atoms with Gasteiger partial charge in [0.1, 0.15) is 0 Å². The van der Waals surface area contributed by atoms with Crippen LogP contribution in [0.2, 0.25) is 0 Å². The molecule has 0 saturated heterocycles. The van der Waals surface area contributed by atoms with Gasteiger partial charge in [0.05, 0.1) is 5.60 Å². The lowest BCUT2D eigenvalue weighted by Gasteiger charge is -2.36. The van der Waals surface area contributed by atoms with Crippen LogP contribution in [0.15, 0.2) is 0 Å². The topological polar surface area (TPSA) is 20.2 Å². The van der Waals surface area contributed by atoms with Crippen molar-refractivity contribution in [1.82, 2.24) is 0 Å². The average molecular weight is 156 g/mol.